The van der Waals surface area contributed by atoms with Gasteiger partial charge in [0.05, 0.1) is 19.2 Å². The zero-order valence-electron chi connectivity index (χ0n) is 17.2. The summed E-state index contributed by atoms with van der Waals surface area (Å²) in [6.45, 7) is 2.30. The molecule has 0 saturated carbocycles. The molecule has 0 saturated heterocycles. The quantitative estimate of drug-likeness (QED) is 0.404. The van der Waals surface area contributed by atoms with Gasteiger partial charge in [0, 0.05) is 10.4 Å². The van der Waals surface area contributed by atoms with Gasteiger partial charge >= 0.3 is 5.97 Å². The Morgan fingerprint density at radius 1 is 1.16 bits per heavy atom. The maximum atomic E-state index is 11.8. The topological polar surface area (TPSA) is 119 Å². The molecule has 0 bridgehead atoms. The Balaban J connectivity index is 1.52. The lowest BCUT2D eigenvalue weighted by atomic mass is 9.98. The maximum absolute atomic E-state index is 11.8. The van der Waals surface area contributed by atoms with Crippen molar-refractivity contribution in [2.45, 2.75) is 13.5 Å². The van der Waals surface area contributed by atoms with Crippen LogP contribution in [0, 0.1) is 6.92 Å². The number of carboxylic acids is 1. The second kappa shape index (κ2) is 7.89. The molecule has 0 aliphatic carbocycles. The van der Waals surface area contributed by atoms with Crippen molar-refractivity contribution in [1.29, 1.82) is 0 Å². The number of fused-ring (bicyclic) bond motifs is 1. The number of aromatic amines is 1. The van der Waals surface area contributed by atoms with Crippen LogP contribution in [-0.4, -0.2) is 48.4 Å². The summed E-state index contributed by atoms with van der Waals surface area (Å²) in [6.07, 6.45) is 0. The average molecular weight is 446 g/mol. The molecule has 0 radical (unpaired) electrons. The normalized spacial score (nSPS) is 11.2. The van der Waals surface area contributed by atoms with Gasteiger partial charge in [-0.25, -0.2) is 9.89 Å². The van der Waals surface area contributed by atoms with Crippen LogP contribution in [0.5, 0.6) is 6.01 Å². The zero-order chi connectivity index (χ0) is 22.2. The van der Waals surface area contributed by atoms with Crippen LogP contribution < -0.4 is 4.74 Å². The predicted molar refractivity (Wildman–Crippen MR) is 120 cm³/mol. The van der Waals surface area contributed by atoms with Crippen LogP contribution >= 0.6 is 11.3 Å². The molecule has 9 nitrogen and oxygen atoms in total. The molecule has 0 fully saturated rings. The highest BCUT2D eigenvalue weighted by Crippen LogP contribution is 2.35. The zero-order valence-corrected chi connectivity index (χ0v) is 18.1. The van der Waals surface area contributed by atoms with E-state index in [1.165, 1.54) is 18.4 Å². The summed E-state index contributed by atoms with van der Waals surface area (Å²) in [5.41, 5.74) is 5.16. The van der Waals surface area contributed by atoms with Gasteiger partial charge in [-0.05, 0) is 34.0 Å². The Kier molecular flexibility index (Phi) is 4.91. The Hall–Kier alpha value is -4.05. The summed E-state index contributed by atoms with van der Waals surface area (Å²) < 4.78 is 7.25. The fraction of sp³-hybridized carbons (Fsp3) is 0.136. The van der Waals surface area contributed by atoms with Gasteiger partial charge in [0.2, 0.25) is 0 Å². The number of benzene rings is 2. The number of imidazole rings is 1. The number of H-pyrrole nitrogens is 1. The molecule has 10 heteroatoms. The number of carbonyl (C=O) groups is 1. The van der Waals surface area contributed by atoms with Gasteiger partial charge < -0.3 is 9.84 Å². The Labute approximate surface area is 186 Å². The highest BCUT2D eigenvalue weighted by atomic mass is 32.1. The molecule has 3 aromatic heterocycles. The molecule has 3 heterocycles. The van der Waals surface area contributed by atoms with Gasteiger partial charge in [0.1, 0.15) is 10.4 Å². The van der Waals surface area contributed by atoms with Gasteiger partial charge in [-0.15, -0.1) is 16.4 Å². The van der Waals surface area contributed by atoms with Crippen LogP contribution in [-0.2, 0) is 6.54 Å². The third-order valence-corrected chi connectivity index (χ3v) is 6.32. The predicted octanol–water partition coefficient (Wildman–Crippen LogP) is 4.01. The molecule has 160 valence electrons. The third kappa shape index (κ3) is 3.30. The van der Waals surface area contributed by atoms with E-state index < -0.39 is 5.97 Å². The minimum absolute atomic E-state index is 0.263. The first-order chi connectivity index (χ1) is 15.6. The van der Waals surface area contributed by atoms with Crippen molar-refractivity contribution in [3.8, 4) is 28.5 Å². The molecule has 5 rings (SSSR count). The number of aromatic carboxylic acids is 1. The molecule has 0 amide bonds. The van der Waals surface area contributed by atoms with E-state index in [9.17, 15) is 9.90 Å². The summed E-state index contributed by atoms with van der Waals surface area (Å²) in [5, 5.41) is 23.8. The Morgan fingerprint density at radius 3 is 2.56 bits per heavy atom. The average Bonchev–Trinajstić information content (AvgIpc) is 3.53. The van der Waals surface area contributed by atoms with E-state index in [2.05, 4.69) is 25.6 Å². The van der Waals surface area contributed by atoms with E-state index >= 15 is 0 Å². The monoisotopic (exact) mass is 446 g/mol. The van der Waals surface area contributed by atoms with Crippen LogP contribution in [0.1, 0.15) is 20.1 Å². The van der Waals surface area contributed by atoms with Gasteiger partial charge in [-0.3, -0.25) is 4.57 Å². The van der Waals surface area contributed by atoms with E-state index in [0.29, 0.717) is 29.4 Å². The Bertz CT molecular complexity index is 1420. The second-order valence-corrected chi connectivity index (χ2v) is 8.39. The molecule has 5 aromatic rings. The highest BCUT2D eigenvalue weighted by molar-refractivity contribution is 7.15. The van der Waals surface area contributed by atoms with Crippen molar-refractivity contribution in [1.82, 2.24) is 30.2 Å². The third-order valence-electron chi connectivity index (χ3n) is 5.25. The largest absolute Gasteiger partial charge is 0.477 e. The lowest BCUT2D eigenvalue weighted by Gasteiger charge is -2.11. The number of methoxy groups -OCH3 is 1. The SMILES string of the molecule is COc1nc2c(C)sc(C(=O)O)c2n1Cc1ccc(-c2ccccc2-c2nnn[nH]2)cc1. The molecular formula is C22H18N6O3S. The van der Waals surface area contributed by atoms with Crippen LogP contribution in [0.15, 0.2) is 48.5 Å². The first kappa shape index (κ1) is 19.9. The van der Waals surface area contributed by atoms with E-state index in [-0.39, 0.29) is 4.88 Å². The van der Waals surface area contributed by atoms with Crippen molar-refractivity contribution < 1.29 is 14.6 Å². The lowest BCUT2D eigenvalue weighted by Crippen LogP contribution is -2.05. The van der Waals surface area contributed by atoms with Crippen LogP contribution in [0.2, 0.25) is 0 Å². The number of thiophene rings is 1. The van der Waals surface area contributed by atoms with Crippen molar-refractivity contribution in [2.75, 3.05) is 7.11 Å². The van der Waals surface area contributed by atoms with Gasteiger partial charge in [-0.2, -0.15) is 4.98 Å². The van der Waals surface area contributed by atoms with Gasteiger partial charge in [0.25, 0.3) is 6.01 Å². The van der Waals surface area contributed by atoms with Crippen molar-refractivity contribution in [2.24, 2.45) is 0 Å². The molecule has 0 atom stereocenters. The summed E-state index contributed by atoms with van der Waals surface area (Å²) in [5.74, 6) is -0.366. The molecular weight excluding hydrogens is 428 g/mol. The standard InChI is InChI=1S/C22H18N6O3S/c1-12-17-18(19(32-12)21(29)30)28(22(23-17)31-2)11-13-7-9-14(10-8-13)15-5-3-4-6-16(15)20-24-26-27-25-20/h3-10H,11H2,1-2H3,(H,29,30)(H,24,25,26,27). The molecule has 32 heavy (non-hydrogen) atoms. The number of nitrogens with zero attached hydrogens (tertiary/aromatic N) is 5. The fourth-order valence-corrected chi connectivity index (χ4v) is 4.73. The summed E-state index contributed by atoms with van der Waals surface area (Å²) >= 11 is 1.23. The number of aryl methyl sites for hydroxylation is 1. The van der Waals surface area contributed by atoms with Crippen molar-refractivity contribution >= 4 is 28.3 Å². The summed E-state index contributed by atoms with van der Waals surface area (Å²) in [4.78, 5) is 17.4. The number of rotatable bonds is 6. The van der Waals surface area contributed by atoms with Crippen LogP contribution in [0.3, 0.4) is 0 Å². The minimum Gasteiger partial charge on any atom is -0.477 e. The number of carboxylic acid groups (broad SMARTS) is 1. The van der Waals surface area contributed by atoms with Crippen LogP contribution in [0.25, 0.3) is 33.5 Å². The van der Waals surface area contributed by atoms with Gasteiger partial charge in [-0.1, -0.05) is 48.5 Å². The van der Waals surface area contributed by atoms with Crippen LogP contribution in [0.4, 0.5) is 0 Å². The molecule has 0 aliphatic heterocycles. The number of tetrazole rings is 1. The summed E-state index contributed by atoms with van der Waals surface area (Å²) in [7, 11) is 1.54. The number of hydrogen-bond donors (Lipinski definition) is 2. The molecule has 2 aromatic carbocycles. The molecule has 0 unspecified atom stereocenters. The number of aromatic nitrogens is 6. The van der Waals surface area contributed by atoms with E-state index in [4.69, 9.17) is 4.74 Å². The van der Waals surface area contributed by atoms with Crippen molar-refractivity contribution in [3.05, 3.63) is 63.8 Å². The van der Waals surface area contributed by atoms with E-state index in [1.54, 1.807) is 0 Å². The van der Waals surface area contributed by atoms with Crippen molar-refractivity contribution in [3.63, 3.8) is 0 Å². The second-order valence-electron chi connectivity index (χ2n) is 7.17. The summed E-state index contributed by atoms with van der Waals surface area (Å²) in [6, 6.07) is 16.3. The number of ether oxygens (including phenoxy) is 1. The number of hydrogen-bond acceptors (Lipinski definition) is 7. The highest BCUT2D eigenvalue weighted by Gasteiger charge is 2.23. The molecule has 0 spiro atoms. The number of nitrogens with one attached hydrogen (secondary N) is 1. The fourth-order valence-electron chi connectivity index (χ4n) is 3.79. The maximum Gasteiger partial charge on any atom is 0.348 e. The lowest BCUT2D eigenvalue weighted by molar-refractivity contribution is 0.0703. The molecule has 2 N–H and O–H groups in total. The van der Waals surface area contributed by atoms with E-state index in [0.717, 1.165) is 27.1 Å². The molecule has 0 aliphatic rings. The first-order valence-corrected chi connectivity index (χ1v) is 10.6. The Morgan fingerprint density at radius 2 is 1.91 bits per heavy atom. The van der Waals surface area contributed by atoms with E-state index in [1.807, 2.05) is 60.0 Å². The smallest absolute Gasteiger partial charge is 0.348 e. The van der Waals surface area contributed by atoms with Gasteiger partial charge in [0.15, 0.2) is 5.82 Å². The minimum atomic E-state index is -0.967. The first-order valence-electron chi connectivity index (χ1n) is 9.76.